The Kier molecular flexibility index (Phi) is 7.98. The lowest BCUT2D eigenvalue weighted by atomic mass is 9.44. The average molecular weight is 727 g/mol. The first kappa shape index (κ1) is 37.7. The van der Waals surface area contributed by atoms with Crippen LogP contribution in [0.1, 0.15) is 155 Å². The molecule has 0 saturated carbocycles. The molecule has 5 aromatic carbocycles. The van der Waals surface area contributed by atoms with Crippen LogP contribution in [-0.2, 0) is 32.5 Å². The van der Waals surface area contributed by atoms with Gasteiger partial charge >= 0.3 is 6.85 Å². The van der Waals surface area contributed by atoms with Gasteiger partial charge in [0.15, 0.2) is 0 Å². The number of fused-ring (bicyclic) bond motifs is 6. The van der Waals surface area contributed by atoms with Gasteiger partial charge in [-0.2, -0.15) is 0 Å². The van der Waals surface area contributed by atoms with Crippen molar-refractivity contribution in [1.82, 2.24) is 0 Å². The van der Waals surface area contributed by atoms with E-state index in [1.807, 2.05) is 0 Å². The molecule has 0 aliphatic carbocycles. The molecule has 0 saturated heterocycles. The molecule has 3 aliphatic rings. The predicted molar refractivity (Wildman–Crippen MR) is 240 cm³/mol. The molecule has 8 rings (SSSR count). The van der Waals surface area contributed by atoms with Crippen molar-refractivity contribution < 1.29 is 0 Å². The second-order valence-electron chi connectivity index (χ2n) is 22.0. The molecule has 3 heterocycles. The first-order chi connectivity index (χ1) is 25.4. The Morgan fingerprint density at radius 1 is 0.418 bits per heavy atom. The molecular weight excluding hydrogens is 663 g/mol. The third kappa shape index (κ3) is 5.49. The topological polar surface area (TPSA) is 6.48 Å². The van der Waals surface area contributed by atoms with Crippen LogP contribution < -0.4 is 20.6 Å². The predicted octanol–water partition coefficient (Wildman–Crippen LogP) is 12.9. The Morgan fingerprint density at radius 3 is 1.36 bits per heavy atom. The van der Waals surface area contributed by atoms with Crippen LogP contribution in [0.5, 0.6) is 0 Å². The summed E-state index contributed by atoms with van der Waals surface area (Å²) in [6.45, 7) is 38.5. The van der Waals surface area contributed by atoms with E-state index < -0.39 is 0 Å². The van der Waals surface area contributed by atoms with Gasteiger partial charge < -0.3 is 9.71 Å². The molecule has 284 valence electrons. The standard InChI is InChI=1S/C52H63BN2/c1-47(2,3)32-28-36(49(7,8)9)44-38(30-32)52(15,16)39-31-33(48(4,5)6)29-37(50(10,11)12)45(39)55(44)53-40-24-18-20-27-43(40)54-42-26-19-17-22-34(42)51(13,14)35-23-21-25-41(53)46(35)54/h17-31H,1-16H3. The fourth-order valence-corrected chi connectivity index (χ4v) is 9.88. The van der Waals surface area contributed by atoms with E-state index in [1.54, 1.807) is 0 Å². The maximum Gasteiger partial charge on any atom is 0.332 e. The Hall–Kier alpha value is -4.24. The Balaban J connectivity index is 1.59. The third-order valence-electron chi connectivity index (χ3n) is 13.2. The van der Waals surface area contributed by atoms with Crippen molar-refractivity contribution in [3.8, 4) is 0 Å². The summed E-state index contributed by atoms with van der Waals surface area (Å²) in [4.78, 5) is 5.45. The maximum atomic E-state index is 2.86. The number of nitrogens with zero attached hydrogens (tertiary/aromatic N) is 2. The highest BCUT2D eigenvalue weighted by atomic mass is 15.2. The molecule has 0 aromatic heterocycles. The molecule has 0 spiro atoms. The minimum atomic E-state index is -0.249. The van der Waals surface area contributed by atoms with E-state index in [2.05, 4.69) is 211 Å². The Bertz CT molecular complexity index is 2300. The zero-order valence-corrected chi connectivity index (χ0v) is 36.6. The average Bonchev–Trinajstić information content (AvgIpc) is 3.08. The van der Waals surface area contributed by atoms with Crippen molar-refractivity contribution in [1.29, 1.82) is 0 Å². The first-order valence-corrected chi connectivity index (χ1v) is 20.7. The second-order valence-corrected chi connectivity index (χ2v) is 22.0. The van der Waals surface area contributed by atoms with Crippen LogP contribution >= 0.6 is 0 Å². The highest BCUT2D eigenvalue weighted by Crippen LogP contribution is 2.58. The Morgan fingerprint density at radius 2 is 0.855 bits per heavy atom. The number of anilines is 5. The van der Waals surface area contributed by atoms with Gasteiger partial charge in [-0.15, -0.1) is 0 Å². The third-order valence-corrected chi connectivity index (χ3v) is 13.2. The van der Waals surface area contributed by atoms with Crippen molar-refractivity contribution in [2.24, 2.45) is 0 Å². The molecule has 55 heavy (non-hydrogen) atoms. The van der Waals surface area contributed by atoms with Crippen LogP contribution in [0.15, 0.2) is 91.0 Å². The molecule has 3 heteroatoms. The van der Waals surface area contributed by atoms with E-state index in [0.717, 1.165) is 0 Å². The van der Waals surface area contributed by atoms with E-state index in [4.69, 9.17) is 0 Å². The lowest BCUT2D eigenvalue weighted by Crippen LogP contribution is -2.62. The van der Waals surface area contributed by atoms with Crippen LogP contribution in [0.3, 0.4) is 0 Å². The van der Waals surface area contributed by atoms with E-state index in [-0.39, 0.29) is 39.3 Å². The minimum absolute atomic E-state index is 0.00450. The summed E-state index contributed by atoms with van der Waals surface area (Å²) in [7, 11) is 0. The van der Waals surface area contributed by atoms with Crippen molar-refractivity contribution in [3.63, 3.8) is 0 Å². The number of hydrogen-bond acceptors (Lipinski definition) is 2. The zero-order valence-electron chi connectivity index (χ0n) is 36.6. The molecule has 0 atom stereocenters. The lowest BCUT2D eigenvalue weighted by molar-refractivity contribution is 0.545. The Labute approximate surface area is 333 Å². The second kappa shape index (κ2) is 11.7. The van der Waals surface area contributed by atoms with E-state index in [9.17, 15) is 0 Å². The number of rotatable bonds is 1. The number of para-hydroxylation sites is 3. The summed E-state index contributed by atoms with van der Waals surface area (Å²) in [5.41, 5.74) is 20.0. The van der Waals surface area contributed by atoms with Gasteiger partial charge in [0.1, 0.15) is 0 Å². The maximum absolute atomic E-state index is 2.86. The van der Waals surface area contributed by atoms with Gasteiger partial charge in [-0.1, -0.05) is 190 Å². The molecule has 0 bridgehead atoms. The van der Waals surface area contributed by atoms with Gasteiger partial charge in [0.2, 0.25) is 0 Å². The van der Waals surface area contributed by atoms with Gasteiger partial charge in [0.05, 0.1) is 5.69 Å². The van der Waals surface area contributed by atoms with Gasteiger partial charge in [-0.05, 0) is 89.2 Å². The van der Waals surface area contributed by atoms with Crippen molar-refractivity contribution >= 4 is 46.2 Å². The van der Waals surface area contributed by atoms with Crippen LogP contribution in [0, 0.1) is 0 Å². The van der Waals surface area contributed by atoms with Crippen molar-refractivity contribution in [2.45, 2.75) is 143 Å². The monoisotopic (exact) mass is 727 g/mol. The van der Waals surface area contributed by atoms with Gasteiger partial charge in [0.25, 0.3) is 0 Å². The summed E-state index contributed by atoms with van der Waals surface area (Å²) in [5, 5.41) is 0. The highest BCUT2D eigenvalue weighted by molar-refractivity contribution is 6.92. The summed E-state index contributed by atoms with van der Waals surface area (Å²) in [6, 6.07) is 35.8. The van der Waals surface area contributed by atoms with Crippen LogP contribution in [0.4, 0.5) is 28.4 Å². The van der Waals surface area contributed by atoms with Crippen LogP contribution in [0.25, 0.3) is 0 Å². The molecule has 2 nitrogen and oxygen atoms in total. The fourth-order valence-electron chi connectivity index (χ4n) is 9.88. The summed E-state index contributed by atoms with van der Waals surface area (Å²) < 4.78 is 0. The van der Waals surface area contributed by atoms with Crippen molar-refractivity contribution in [3.05, 3.63) is 136 Å². The van der Waals surface area contributed by atoms with Gasteiger partial charge in [0, 0.05) is 33.6 Å². The number of benzene rings is 5. The summed E-state index contributed by atoms with van der Waals surface area (Å²) in [6.07, 6.45) is 0. The molecule has 0 fully saturated rings. The normalized spacial score (nSPS) is 16.9. The highest BCUT2D eigenvalue weighted by Gasteiger charge is 2.51. The first-order valence-electron chi connectivity index (χ1n) is 20.7. The van der Waals surface area contributed by atoms with E-state index in [1.165, 1.54) is 83.9 Å². The largest absolute Gasteiger partial charge is 0.376 e. The molecule has 0 N–H and O–H groups in total. The molecule has 5 aromatic rings. The van der Waals surface area contributed by atoms with Gasteiger partial charge in [-0.25, -0.2) is 0 Å². The van der Waals surface area contributed by atoms with Crippen LogP contribution in [-0.4, -0.2) is 6.85 Å². The van der Waals surface area contributed by atoms with Gasteiger partial charge in [-0.3, -0.25) is 0 Å². The summed E-state index contributed by atoms with van der Waals surface area (Å²) in [5.74, 6) is 0. The quantitative estimate of drug-likeness (QED) is 0.159. The lowest BCUT2D eigenvalue weighted by Gasteiger charge is -2.53. The van der Waals surface area contributed by atoms with Crippen LogP contribution in [0.2, 0.25) is 0 Å². The molecule has 3 aliphatic heterocycles. The zero-order chi connectivity index (χ0) is 40.0. The molecule has 0 unspecified atom stereocenters. The fraction of sp³-hybridized carbons (Fsp3) is 0.423. The minimum Gasteiger partial charge on any atom is -0.376 e. The molecular formula is C52H63BN2. The van der Waals surface area contributed by atoms with E-state index in [0.29, 0.717) is 0 Å². The SMILES string of the molecule is CC(C)(C)c1cc(C(C)(C)C)c2c(c1)C(C)(C)c1cc(C(C)(C)C)cc(C(C)(C)C)c1N2B1c2ccccc2N2c3ccccc3C(C)(C)c3cccc1c32. The smallest absolute Gasteiger partial charge is 0.332 e. The summed E-state index contributed by atoms with van der Waals surface area (Å²) >= 11 is 0. The van der Waals surface area contributed by atoms with E-state index >= 15 is 0 Å². The number of hydrogen-bond donors (Lipinski definition) is 0. The molecule has 0 radical (unpaired) electrons. The van der Waals surface area contributed by atoms with Crippen molar-refractivity contribution in [2.75, 3.05) is 9.71 Å². The molecule has 0 amide bonds.